The molecule has 2 aliphatic rings. The van der Waals surface area contributed by atoms with Crippen LogP contribution in [0.4, 0.5) is 21.9 Å². The standard InChI is InChI=1S/C26H33N3O3/c1-19(2)32-26(31)27-22-13-12-21-11-10-20-8-4-5-9-23(20)29(24(21)18-22)25(30)14-17-28-15-6-3-7-16-28/h4-5,8-9,12-13,18-19H,3,6-7,10-11,14-17H2,1-2H3,(H,27,31)/p+1. The third-order valence-electron chi connectivity index (χ3n) is 6.31. The monoisotopic (exact) mass is 436 g/mol. The number of anilines is 3. The third kappa shape index (κ3) is 5.30. The first-order valence-electron chi connectivity index (χ1n) is 11.9. The predicted octanol–water partition coefficient (Wildman–Crippen LogP) is 3.87. The Kier molecular flexibility index (Phi) is 7.10. The van der Waals surface area contributed by atoms with Gasteiger partial charge in [-0.15, -0.1) is 0 Å². The second-order valence-corrected chi connectivity index (χ2v) is 9.09. The van der Waals surface area contributed by atoms with Gasteiger partial charge in [0.1, 0.15) is 0 Å². The highest BCUT2D eigenvalue weighted by Gasteiger charge is 2.27. The molecular formula is C26H34N3O3+. The Balaban J connectivity index is 1.62. The van der Waals surface area contributed by atoms with Crippen molar-refractivity contribution in [1.29, 1.82) is 0 Å². The highest BCUT2D eigenvalue weighted by Crippen LogP contribution is 2.38. The van der Waals surface area contributed by atoms with Crippen LogP contribution in [0.1, 0.15) is 50.7 Å². The van der Waals surface area contributed by atoms with Crippen LogP contribution >= 0.6 is 0 Å². The second kappa shape index (κ2) is 10.2. The van der Waals surface area contributed by atoms with E-state index in [0.29, 0.717) is 12.1 Å². The maximum absolute atomic E-state index is 13.6. The van der Waals surface area contributed by atoms with Gasteiger partial charge in [-0.05, 0) is 75.3 Å². The van der Waals surface area contributed by atoms with Gasteiger partial charge < -0.3 is 9.64 Å². The molecule has 4 rings (SSSR count). The molecule has 1 fully saturated rings. The molecule has 2 aliphatic heterocycles. The number of nitrogens with one attached hydrogen (secondary N) is 2. The van der Waals surface area contributed by atoms with E-state index in [0.717, 1.165) is 49.4 Å². The number of carbonyl (C=O) groups is 2. The first-order chi connectivity index (χ1) is 15.5. The summed E-state index contributed by atoms with van der Waals surface area (Å²) < 4.78 is 5.23. The molecule has 1 saturated heterocycles. The molecule has 2 aromatic carbocycles. The Morgan fingerprint density at radius 1 is 1.00 bits per heavy atom. The molecule has 2 heterocycles. The first-order valence-corrected chi connectivity index (χ1v) is 11.9. The van der Waals surface area contributed by atoms with Crippen molar-refractivity contribution in [3.05, 3.63) is 53.6 Å². The van der Waals surface area contributed by atoms with E-state index in [1.807, 2.05) is 55.1 Å². The molecular weight excluding hydrogens is 402 g/mol. The van der Waals surface area contributed by atoms with Crippen LogP contribution in [0.2, 0.25) is 0 Å². The summed E-state index contributed by atoms with van der Waals surface area (Å²) in [5.74, 6) is 0.112. The van der Waals surface area contributed by atoms with Crippen LogP contribution in [-0.2, 0) is 22.4 Å². The molecule has 0 atom stereocenters. The number of nitrogens with zero attached hydrogens (tertiary/aromatic N) is 1. The quantitative estimate of drug-likeness (QED) is 0.748. The minimum absolute atomic E-state index is 0.112. The fourth-order valence-electron chi connectivity index (χ4n) is 4.73. The molecule has 2 amide bonds. The Bertz CT molecular complexity index is 967. The molecule has 32 heavy (non-hydrogen) atoms. The predicted molar refractivity (Wildman–Crippen MR) is 127 cm³/mol. The van der Waals surface area contributed by atoms with Gasteiger partial charge in [0.2, 0.25) is 5.91 Å². The minimum Gasteiger partial charge on any atom is -0.447 e. The summed E-state index contributed by atoms with van der Waals surface area (Å²) in [6.45, 7) is 6.82. The number of benzene rings is 2. The van der Waals surface area contributed by atoms with Crippen molar-refractivity contribution in [3.8, 4) is 0 Å². The number of para-hydroxylation sites is 1. The number of piperidine rings is 1. The number of rotatable bonds is 5. The van der Waals surface area contributed by atoms with Crippen LogP contribution in [0.25, 0.3) is 0 Å². The fourth-order valence-corrected chi connectivity index (χ4v) is 4.73. The van der Waals surface area contributed by atoms with Crippen LogP contribution in [0.5, 0.6) is 0 Å². The highest BCUT2D eigenvalue weighted by molar-refractivity contribution is 6.03. The lowest BCUT2D eigenvalue weighted by molar-refractivity contribution is -0.904. The number of aryl methyl sites for hydroxylation is 2. The SMILES string of the molecule is CC(C)OC(=O)Nc1ccc2c(c1)N(C(=O)CC[NH+]1CCCCC1)c1ccccc1CC2. The zero-order chi connectivity index (χ0) is 22.5. The number of quaternary nitrogens is 1. The maximum atomic E-state index is 13.6. The van der Waals surface area contributed by atoms with Crippen molar-refractivity contribution in [3.63, 3.8) is 0 Å². The number of ether oxygens (including phenoxy) is 1. The summed E-state index contributed by atoms with van der Waals surface area (Å²) in [5.41, 5.74) is 4.73. The second-order valence-electron chi connectivity index (χ2n) is 9.09. The van der Waals surface area contributed by atoms with Gasteiger partial charge in [0.25, 0.3) is 0 Å². The number of hydrogen-bond donors (Lipinski definition) is 2. The van der Waals surface area contributed by atoms with Crippen LogP contribution in [0.15, 0.2) is 42.5 Å². The number of carbonyl (C=O) groups excluding carboxylic acids is 2. The Morgan fingerprint density at radius 2 is 1.72 bits per heavy atom. The van der Waals surface area contributed by atoms with Crippen LogP contribution < -0.4 is 15.1 Å². The van der Waals surface area contributed by atoms with E-state index in [1.165, 1.54) is 29.7 Å². The molecule has 0 unspecified atom stereocenters. The molecule has 6 nitrogen and oxygen atoms in total. The topological polar surface area (TPSA) is 63.1 Å². The number of amides is 2. The number of likely N-dealkylation sites (tertiary alicyclic amines) is 1. The van der Waals surface area contributed by atoms with E-state index in [9.17, 15) is 9.59 Å². The summed E-state index contributed by atoms with van der Waals surface area (Å²) in [5, 5.41) is 2.81. The van der Waals surface area contributed by atoms with Crippen molar-refractivity contribution in [2.24, 2.45) is 0 Å². The van der Waals surface area contributed by atoms with Crippen molar-refractivity contribution < 1.29 is 19.2 Å². The molecule has 2 aromatic rings. The lowest BCUT2D eigenvalue weighted by atomic mass is 10.0. The van der Waals surface area contributed by atoms with Crippen LogP contribution in [0, 0.1) is 0 Å². The molecule has 0 spiro atoms. The van der Waals surface area contributed by atoms with E-state index in [4.69, 9.17) is 4.74 Å². The molecule has 2 N–H and O–H groups in total. The first kappa shape index (κ1) is 22.3. The Hall–Kier alpha value is -2.86. The van der Waals surface area contributed by atoms with Gasteiger partial charge in [-0.2, -0.15) is 0 Å². The van der Waals surface area contributed by atoms with Gasteiger partial charge in [0.15, 0.2) is 0 Å². The average Bonchev–Trinajstić information content (AvgIpc) is 2.94. The van der Waals surface area contributed by atoms with Crippen molar-refractivity contribution >= 4 is 29.1 Å². The van der Waals surface area contributed by atoms with E-state index in [2.05, 4.69) is 11.4 Å². The third-order valence-corrected chi connectivity index (χ3v) is 6.31. The largest absolute Gasteiger partial charge is 0.447 e. The van der Waals surface area contributed by atoms with E-state index < -0.39 is 6.09 Å². The van der Waals surface area contributed by atoms with Gasteiger partial charge in [-0.1, -0.05) is 24.3 Å². The van der Waals surface area contributed by atoms with Gasteiger partial charge in [-0.3, -0.25) is 15.0 Å². The summed E-state index contributed by atoms with van der Waals surface area (Å²) in [7, 11) is 0. The Morgan fingerprint density at radius 3 is 2.47 bits per heavy atom. The van der Waals surface area contributed by atoms with E-state index >= 15 is 0 Å². The van der Waals surface area contributed by atoms with E-state index in [-0.39, 0.29) is 12.0 Å². The zero-order valence-electron chi connectivity index (χ0n) is 19.2. The van der Waals surface area contributed by atoms with Gasteiger partial charge in [0, 0.05) is 5.69 Å². The van der Waals surface area contributed by atoms with Crippen molar-refractivity contribution in [1.82, 2.24) is 0 Å². The lowest BCUT2D eigenvalue weighted by Gasteiger charge is -2.27. The molecule has 0 saturated carbocycles. The van der Waals surface area contributed by atoms with Gasteiger partial charge in [-0.25, -0.2) is 4.79 Å². The molecule has 170 valence electrons. The maximum Gasteiger partial charge on any atom is 0.411 e. The minimum atomic E-state index is -0.486. The highest BCUT2D eigenvalue weighted by atomic mass is 16.6. The lowest BCUT2D eigenvalue weighted by Crippen LogP contribution is -3.12. The molecule has 0 aliphatic carbocycles. The summed E-state index contributed by atoms with van der Waals surface area (Å²) in [6.07, 6.45) is 5.37. The summed E-state index contributed by atoms with van der Waals surface area (Å²) in [6, 6.07) is 14.0. The normalized spacial score (nSPS) is 16.2. The van der Waals surface area contributed by atoms with Gasteiger partial charge in [0.05, 0.1) is 43.5 Å². The number of fused-ring (bicyclic) bond motifs is 2. The van der Waals surface area contributed by atoms with Crippen molar-refractivity contribution in [2.45, 2.75) is 58.5 Å². The smallest absolute Gasteiger partial charge is 0.411 e. The fraction of sp³-hybridized carbons (Fsp3) is 0.462. The van der Waals surface area contributed by atoms with Crippen LogP contribution in [-0.4, -0.2) is 37.7 Å². The van der Waals surface area contributed by atoms with Gasteiger partial charge >= 0.3 is 6.09 Å². The van der Waals surface area contributed by atoms with Crippen LogP contribution in [0.3, 0.4) is 0 Å². The van der Waals surface area contributed by atoms with E-state index in [1.54, 1.807) is 0 Å². The summed E-state index contributed by atoms with van der Waals surface area (Å²) in [4.78, 5) is 29.1. The molecule has 0 radical (unpaired) electrons. The molecule has 6 heteroatoms. The number of hydrogen-bond acceptors (Lipinski definition) is 3. The average molecular weight is 437 g/mol. The van der Waals surface area contributed by atoms with Crippen molar-refractivity contribution in [2.75, 3.05) is 29.9 Å². The zero-order valence-corrected chi connectivity index (χ0v) is 19.2. The molecule has 0 aromatic heterocycles. The summed E-state index contributed by atoms with van der Waals surface area (Å²) >= 11 is 0. The molecule has 0 bridgehead atoms. The Labute approximate surface area is 190 Å².